The number of carbonyl (C=O) groups is 2. The molecule has 76 valence electrons. The molecule has 0 amide bonds. The van der Waals surface area contributed by atoms with E-state index < -0.39 is 5.60 Å². The molecule has 1 aliphatic carbocycles. The molecule has 1 heterocycles. The summed E-state index contributed by atoms with van der Waals surface area (Å²) < 4.78 is 5.03. The molecular formula is C12H10O3. The highest BCUT2D eigenvalue weighted by molar-refractivity contribution is 6.02. The van der Waals surface area contributed by atoms with Crippen LogP contribution in [0.1, 0.15) is 23.2 Å². The largest absolute Gasteiger partial charge is 0.458 e. The fourth-order valence-corrected chi connectivity index (χ4v) is 2.19. The van der Waals surface area contributed by atoms with Crippen LogP contribution in [-0.4, -0.2) is 17.4 Å². The second-order valence-corrected chi connectivity index (χ2v) is 4.20. The summed E-state index contributed by atoms with van der Waals surface area (Å²) in [5, 5.41) is 0. The van der Waals surface area contributed by atoms with Gasteiger partial charge in [-0.2, -0.15) is 0 Å². The fourth-order valence-electron chi connectivity index (χ4n) is 2.19. The van der Waals surface area contributed by atoms with Crippen LogP contribution in [0.4, 0.5) is 0 Å². The molecule has 1 aromatic rings. The normalized spacial score (nSPS) is 32.0. The van der Waals surface area contributed by atoms with Crippen molar-refractivity contribution >= 4 is 11.8 Å². The van der Waals surface area contributed by atoms with E-state index in [9.17, 15) is 9.59 Å². The zero-order valence-electron chi connectivity index (χ0n) is 8.10. The number of rotatable bonds is 2. The van der Waals surface area contributed by atoms with Crippen LogP contribution in [0.3, 0.4) is 0 Å². The van der Waals surface area contributed by atoms with Crippen molar-refractivity contribution in [3.05, 3.63) is 35.9 Å². The molecule has 3 nitrogen and oxygen atoms in total. The Labute approximate surface area is 87.0 Å². The van der Waals surface area contributed by atoms with Gasteiger partial charge >= 0.3 is 5.97 Å². The highest BCUT2D eigenvalue weighted by Crippen LogP contribution is 2.56. The lowest BCUT2D eigenvalue weighted by atomic mass is 10.0. The van der Waals surface area contributed by atoms with E-state index in [-0.39, 0.29) is 17.7 Å². The van der Waals surface area contributed by atoms with Gasteiger partial charge in [-0.1, -0.05) is 30.3 Å². The van der Waals surface area contributed by atoms with Crippen molar-refractivity contribution < 1.29 is 14.3 Å². The second kappa shape index (κ2) is 2.69. The predicted octanol–water partition coefficient (Wildman–Crippen LogP) is 1.57. The van der Waals surface area contributed by atoms with Gasteiger partial charge in [-0.15, -0.1) is 0 Å². The van der Waals surface area contributed by atoms with Crippen molar-refractivity contribution in [3.8, 4) is 0 Å². The lowest BCUT2D eigenvalue weighted by molar-refractivity contribution is -0.175. The molecular weight excluding hydrogens is 192 g/mol. The number of hydrogen-bond acceptors (Lipinski definition) is 3. The zero-order valence-corrected chi connectivity index (χ0v) is 8.10. The molecule has 1 aromatic carbocycles. The van der Waals surface area contributed by atoms with Gasteiger partial charge < -0.3 is 4.74 Å². The smallest absolute Gasteiger partial charge is 0.310 e. The van der Waals surface area contributed by atoms with Crippen molar-refractivity contribution in [2.75, 3.05) is 0 Å². The first-order valence-electron chi connectivity index (χ1n) is 5.02. The number of ketones is 1. The molecule has 1 saturated carbocycles. The molecule has 2 fully saturated rings. The average Bonchev–Trinajstić information content (AvgIpc) is 2.93. The highest BCUT2D eigenvalue weighted by Gasteiger charge is 2.67. The van der Waals surface area contributed by atoms with Gasteiger partial charge in [0.05, 0.1) is 12.3 Å². The van der Waals surface area contributed by atoms with E-state index in [1.165, 1.54) is 0 Å². The summed E-state index contributed by atoms with van der Waals surface area (Å²) >= 11 is 0. The van der Waals surface area contributed by atoms with Gasteiger partial charge in [0, 0.05) is 12.0 Å². The molecule has 1 aliphatic heterocycles. The third-order valence-corrected chi connectivity index (χ3v) is 3.16. The minimum absolute atomic E-state index is 0.0994. The molecule has 0 unspecified atom stereocenters. The Morgan fingerprint density at radius 1 is 1.33 bits per heavy atom. The summed E-state index contributed by atoms with van der Waals surface area (Å²) in [5.74, 6) is -0.181. The standard InChI is InChI=1S/C12H10O3/c13-10-7-12(15-10)6-9(12)11(14)8-4-2-1-3-5-8/h1-5,9H,6-7H2/t9-,12-/m1/s1. The lowest BCUT2D eigenvalue weighted by Gasteiger charge is -2.26. The molecule has 1 spiro atoms. The van der Waals surface area contributed by atoms with Crippen LogP contribution in [0.15, 0.2) is 30.3 Å². The van der Waals surface area contributed by atoms with E-state index >= 15 is 0 Å². The maximum atomic E-state index is 11.9. The maximum absolute atomic E-state index is 11.9. The molecule has 3 heteroatoms. The quantitative estimate of drug-likeness (QED) is 0.540. The van der Waals surface area contributed by atoms with E-state index in [0.717, 1.165) is 0 Å². The van der Waals surface area contributed by atoms with Crippen LogP contribution >= 0.6 is 0 Å². The number of ether oxygens (including phenoxy) is 1. The molecule has 0 bridgehead atoms. The first kappa shape index (κ1) is 8.65. The van der Waals surface area contributed by atoms with Crippen molar-refractivity contribution in [1.29, 1.82) is 0 Å². The van der Waals surface area contributed by atoms with Crippen LogP contribution in [0.25, 0.3) is 0 Å². The molecule has 3 rings (SSSR count). The van der Waals surface area contributed by atoms with E-state index in [2.05, 4.69) is 0 Å². The van der Waals surface area contributed by atoms with Crippen molar-refractivity contribution in [1.82, 2.24) is 0 Å². The number of esters is 1. The number of carbonyl (C=O) groups excluding carboxylic acids is 2. The zero-order chi connectivity index (χ0) is 10.5. The van der Waals surface area contributed by atoms with Crippen LogP contribution in [0.5, 0.6) is 0 Å². The summed E-state index contributed by atoms with van der Waals surface area (Å²) in [6.07, 6.45) is 1.11. The third kappa shape index (κ3) is 1.19. The molecule has 0 aromatic heterocycles. The van der Waals surface area contributed by atoms with Crippen LogP contribution in [0.2, 0.25) is 0 Å². The summed E-state index contributed by atoms with van der Waals surface area (Å²) in [7, 11) is 0. The Hall–Kier alpha value is -1.64. The van der Waals surface area contributed by atoms with E-state index in [1.54, 1.807) is 12.1 Å². The maximum Gasteiger partial charge on any atom is 0.310 e. The molecule has 1 saturated heterocycles. The minimum Gasteiger partial charge on any atom is -0.458 e. The summed E-state index contributed by atoms with van der Waals surface area (Å²) in [6.45, 7) is 0. The molecule has 2 aliphatic rings. The topological polar surface area (TPSA) is 43.4 Å². The van der Waals surface area contributed by atoms with Crippen LogP contribution in [0, 0.1) is 5.92 Å². The minimum atomic E-state index is -0.413. The molecule has 0 N–H and O–H groups in total. The van der Waals surface area contributed by atoms with Crippen molar-refractivity contribution in [3.63, 3.8) is 0 Å². The number of Topliss-reactive ketones (excluding diaryl/α,β-unsaturated/α-hetero) is 1. The summed E-state index contributed by atoms with van der Waals surface area (Å²) in [5.41, 5.74) is 0.298. The third-order valence-electron chi connectivity index (χ3n) is 3.16. The highest BCUT2D eigenvalue weighted by atomic mass is 16.6. The number of hydrogen-bond donors (Lipinski definition) is 0. The predicted molar refractivity (Wildman–Crippen MR) is 52.3 cm³/mol. The summed E-state index contributed by atoms with van der Waals surface area (Å²) in [6, 6.07) is 9.16. The van der Waals surface area contributed by atoms with Gasteiger partial charge in [-0.25, -0.2) is 0 Å². The van der Waals surface area contributed by atoms with E-state index in [4.69, 9.17) is 4.74 Å². The molecule has 15 heavy (non-hydrogen) atoms. The molecule has 0 radical (unpaired) electrons. The van der Waals surface area contributed by atoms with Gasteiger partial charge in [-0.05, 0) is 0 Å². The number of benzene rings is 1. The van der Waals surface area contributed by atoms with Gasteiger partial charge in [0.2, 0.25) is 0 Å². The van der Waals surface area contributed by atoms with Gasteiger partial charge in [0.15, 0.2) is 5.78 Å². The Morgan fingerprint density at radius 2 is 2.00 bits per heavy atom. The van der Waals surface area contributed by atoms with Crippen LogP contribution in [-0.2, 0) is 9.53 Å². The van der Waals surface area contributed by atoms with Gasteiger partial charge in [0.1, 0.15) is 5.60 Å². The Bertz CT molecular complexity index is 427. The van der Waals surface area contributed by atoms with E-state index in [0.29, 0.717) is 18.4 Å². The average molecular weight is 202 g/mol. The summed E-state index contributed by atoms with van der Waals surface area (Å²) in [4.78, 5) is 22.7. The fraction of sp³-hybridized carbons (Fsp3) is 0.333. The van der Waals surface area contributed by atoms with Crippen molar-refractivity contribution in [2.24, 2.45) is 5.92 Å². The van der Waals surface area contributed by atoms with Gasteiger partial charge in [-0.3, -0.25) is 9.59 Å². The van der Waals surface area contributed by atoms with Crippen LogP contribution < -0.4 is 0 Å². The SMILES string of the molecule is O=C1C[C@@]2(C[C@@H]2C(=O)c2ccccc2)O1. The van der Waals surface area contributed by atoms with E-state index in [1.807, 2.05) is 18.2 Å². The Morgan fingerprint density at radius 3 is 2.60 bits per heavy atom. The lowest BCUT2D eigenvalue weighted by Crippen LogP contribution is -2.38. The van der Waals surface area contributed by atoms with Gasteiger partial charge in [0.25, 0.3) is 0 Å². The first-order chi connectivity index (χ1) is 7.21. The first-order valence-corrected chi connectivity index (χ1v) is 5.02. The Kier molecular flexibility index (Phi) is 1.55. The monoisotopic (exact) mass is 202 g/mol. The van der Waals surface area contributed by atoms with Crippen molar-refractivity contribution in [2.45, 2.75) is 18.4 Å². The molecule has 2 atom stereocenters. The Balaban J connectivity index is 1.76. The second-order valence-electron chi connectivity index (χ2n) is 4.20.